The summed E-state index contributed by atoms with van der Waals surface area (Å²) in [7, 11) is 0. The predicted molar refractivity (Wildman–Crippen MR) is 117 cm³/mol. The van der Waals surface area contributed by atoms with Gasteiger partial charge in [-0.2, -0.15) is 14.9 Å². The summed E-state index contributed by atoms with van der Waals surface area (Å²) in [6, 6.07) is 19.6. The maximum Gasteiger partial charge on any atom is 0.292 e. The van der Waals surface area contributed by atoms with Crippen LogP contribution in [0.4, 0.5) is 0 Å². The lowest BCUT2D eigenvalue weighted by Gasteiger charge is -2.10. The van der Waals surface area contributed by atoms with Crippen molar-refractivity contribution < 1.29 is 15.0 Å². The fraction of sp³-hybridized carbons (Fsp3) is 0.0435. The number of hydrogen-bond donors (Lipinski definition) is 3. The lowest BCUT2D eigenvalue weighted by Crippen LogP contribution is -2.28. The third-order valence-electron chi connectivity index (χ3n) is 4.72. The Kier molecular flexibility index (Phi) is 5.19. The summed E-state index contributed by atoms with van der Waals surface area (Å²) < 4.78 is 1.18. The molecule has 0 bridgehead atoms. The number of carbonyl (C=O) groups is 1. The molecule has 3 N–H and O–H groups in total. The van der Waals surface area contributed by atoms with Crippen LogP contribution < -0.4 is 11.0 Å². The molecule has 0 spiro atoms. The topological polar surface area (TPSA) is 117 Å². The van der Waals surface area contributed by atoms with Crippen molar-refractivity contribution in [2.45, 2.75) is 6.92 Å². The Balaban J connectivity index is 1.76. The van der Waals surface area contributed by atoms with E-state index in [0.717, 1.165) is 0 Å². The van der Waals surface area contributed by atoms with Crippen LogP contribution in [0.2, 0.25) is 0 Å². The molecule has 154 valence electrons. The van der Waals surface area contributed by atoms with Gasteiger partial charge in [-0.1, -0.05) is 36.4 Å². The van der Waals surface area contributed by atoms with E-state index in [-0.39, 0.29) is 22.8 Å². The number of phenolic OH excluding ortho intramolecular Hbond substituents is 2. The van der Waals surface area contributed by atoms with Crippen LogP contribution in [0.25, 0.3) is 16.5 Å². The van der Waals surface area contributed by atoms with Gasteiger partial charge in [-0.05, 0) is 37.3 Å². The smallest absolute Gasteiger partial charge is 0.292 e. The van der Waals surface area contributed by atoms with Gasteiger partial charge < -0.3 is 10.2 Å². The Morgan fingerprint density at radius 1 is 0.968 bits per heavy atom. The predicted octanol–water partition coefficient (Wildman–Crippen LogP) is 2.95. The van der Waals surface area contributed by atoms with Gasteiger partial charge in [0, 0.05) is 17.0 Å². The summed E-state index contributed by atoms with van der Waals surface area (Å²) >= 11 is 0. The highest BCUT2D eigenvalue weighted by molar-refractivity contribution is 6.06. The number of hydrazone groups is 1. The van der Waals surface area contributed by atoms with Gasteiger partial charge in [-0.3, -0.25) is 9.59 Å². The standard InChI is InChI=1S/C23H18N4O4/c1-14(17-12-11-16(28)13-20(17)29)24-25-22(30)21-18-9-5-6-10-19(18)23(31)27(26-21)15-7-3-2-4-8-15/h2-13,28-29H,1H3,(H,25,30)/b24-14+. The van der Waals surface area contributed by atoms with Crippen LogP contribution in [0.15, 0.2) is 82.7 Å². The van der Waals surface area contributed by atoms with Gasteiger partial charge in [-0.15, -0.1) is 0 Å². The van der Waals surface area contributed by atoms with Crippen molar-refractivity contribution in [2.75, 3.05) is 0 Å². The number of nitrogens with zero attached hydrogens (tertiary/aromatic N) is 3. The third kappa shape index (κ3) is 3.86. The van der Waals surface area contributed by atoms with E-state index in [1.165, 1.54) is 22.9 Å². The van der Waals surface area contributed by atoms with Crippen LogP contribution in [-0.4, -0.2) is 31.6 Å². The summed E-state index contributed by atoms with van der Waals surface area (Å²) in [5.41, 5.74) is 3.33. The lowest BCUT2D eigenvalue weighted by atomic mass is 10.1. The monoisotopic (exact) mass is 414 g/mol. The fourth-order valence-corrected chi connectivity index (χ4v) is 3.18. The largest absolute Gasteiger partial charge is 0.508 e. The van der Waals surface area contributed by atoms with Gasteiger partial charge >= 0.3 is 0 Å². The normalized spacial score (nSPS) is 11.5. The quantitative estimate of drug-likeness (QED) is 0.351. The zero-order valence-corrected chi connectivity index (χ0v) is 16.5. The summed E-state index contributed by atoms with van der Waals surface area (Å²) in [6.07, 6.45) is 0. The zero-order chi connectivity index (χ0) is 22.0. The molecular weight excluding hydrogens is 396 g/mol. The molecule has 3 aromatic carbocycles. The minimum Gasteiger partial charge on any atom is -0.508 e. The molecule has 0 saturated carbocycles. The van der Waals surface area contributed by atoms with E-state index in [1.54, 1.807) is 55.5 Å². The Morgan fingerprint density at radius 3 is 2.35 bits per heavy atom. The molecule has 0 atom stereocenters. The highest BCUT2D eigenvalue weighted by Crippen LogP contribution is 2.23. The van der Waals surface area contributed by atoms with Gasteiger partial charge in [-0.25, -0.2) is 5.43 Å². The van der Waals surface area contributed by atoms with E-state index in [0.29, 0.717) is 27.7 Å². The number of fused-ring (bicyclic) bond motifs is 1. The molecule has 1 heterocycles. The molecule has 4 aromatic rings. The van der Waals surface area contributed by atoms with Gasteiger partial charge in [0.1, 0.15) is 11.5 Å². The first-order valence-electron chi connectivity index (χ1n) is 9.40. The SMILES string of the molecule is C/C(=N\NC(=O)c1nn(-c2ccccc2)c(=O)c2ccccc12)c1ccc(O)cc1O. The van der Waals surface area contributed by atoms with Gasteiger partial charge in [0.25, 0.3) is 11.5 Å². The highest BCUT2D eigenvalue weighted by Gasteiger charge is 2.17. The number of phenols is 2. The number of nitrogens with one attached hydrogen (secondary N) is 1. The molecule has 31 heavy (non-hydrogen) atoms. The van der Waals surface area contributed by atoms with Crippen LogP contribution >= 0.6 is 0 Å². The van der Waals surface area contributed by atoms with Crippen LogP contribution in [0, 0.1) is 0 Å². The van der Waals surface area contributed by atoms with E-state index in [4.69, 9.17) is 0 Å². The van der Waals surface area contributed by atoms with Gasteiger partial charge in [0.2, 0.25) is 0 Å². The fourth-order valence-electron chi connectivity index (χ4n) is 3.18. The first-order valence-corrected chi connectivity index (χ1v) is 9.40. The molecule has 8 heteroatoms. The van der Waals surface area contributed by atoms with Crippen LogP contribution in [0.1, 0.15) is 23.0 Å². The average Bonchev–Trinajstić information content (AvgIpc) is 2.78. The Bertz CT molecular complexity index is 1380. The van der Waals surface area contributed by atoms with Crippen molar-refractivity contribution >= 4 is 22.4 Å². The molecule has 1 aromatic heterocycles. The summed E-state index contributed by atoms with van der Waals surface area (Å²) in [5, 5.41) is 28.5. The van der Waals surface area contributed by atoms with Crippen molar-refractivity contribution in [3.63, 3.8) is 0 Å². The summed E-state index contributed by atoms with van der Waals surface area (Å²) in [6.45, 7) is 1.60. The van der Waals surface area contributed by atoms with Crippen molar-refractivity contribution in [3.8, 4) is 17.2 Å². The molecule has 1 amide bonds. The molecule has 0 unspecified atom stereocenters. The van der Waals surface area contributed by atoms with Crippen molar-refractivity contribution in [3.05, 3.63) is 94.4 Å². The molecule has 0 aliphatic carbocycles. The second kappa shape index (κ2) is 8.11. The number of aromatic nitrogens is 2. The average molecular weight is 414 g/mol. The van der Waals surface area contributed by atoms with Crippen LogP contribution in [-0.2, 0) is 0 Å². The molecule has 0 saturated heterocycles. The number of amides is 1. The molecule has 0 radical (unpaired) electrons. The summed E-state index contributed by atoms with van der Waals surface area (Å²) in [4.78, 5) is 25.8. The number of para-hydroxylation sites is 1. The maximum atomic E-state index is 12.9. The van der Waals surface area contributed by atoms with Crippen molar-refractivity contribution in [1.82, 2.24) is 15.2 Å². The van der Waals surface area contributed by atoms with E-state index in [9.17, 15) is 19.8 Å². The minimum absolute atomic E-state index is 0.0329. The maximum absolute atomic E-state index is 12.9. The van der Waals surface area contributed by atoms with Crippen LogP contribution in [0.5, 0.6) is 11.5 Å². The Morgan fingerprint density at radius 2 is 1.65 bits per heavy atom. The van der Waals surface area contributed by atoms with Gasteiger partial charge in [0.15, 0.2) is 5.69 Å². The second-order valence-corrected chi connectivity index (χ2v) is 6.79. The number of hydrogen-bond acceptors (Lipinski definition) is 6. The number of aromatic hydroxyl groups is 2. The highest BCUT2D eigenvalue weighted by atomic mass is 16.3. The molecular formula is C23H18N4O4. The third-order valence-corrected chi connectivity index (χ3v) is 4.72. The molecule has 4 rings (SSSR count). The Hall–Kier alpha value is -4.46. The number of rotatable bonds is 4. The van der Waals surface area contributed by atoms with Crippen molar-refractivity contribution in [1.29, 1.82) is 0 Å². The molecule has 8 nitrogen and oxygen atoms in total. The minimum atomic E-state index is -0.613. The van der Waals surface area contributed by atoms with E-state index in [1.807, 2.05) is 6.07 Å². The zero-order valence-electron chi connectivity index (χ0n) is 16.5. The number of benzene rings is 3. The van der Waals surface area contributed by atoms with Crippen molar-refractivity contribution in [2.24, 2.45) is 5.10 Å². The van der Waals surface area contributed by atoms with E-state index in [2.05, 4.69) is 15.6 Å². The molecule has 0 aliphatic heterocycles. The lowest BCUT2D eigenvalue weighted by molar-refractivity contribution is 0.0950. The molecule has 0 aliphatic rings. The van der Waals surface area contributed by atoms with E-state index < -0.39 is 5.91 Å². The second-order valence-electron chi connectivity index (χ2n) is 6.79. The first-order chi connectivity index (χ1) is 15.0. The van der Waals surface area contributed by atoms with Crippen LogP contribution in [0.3, 0.4) is 0 Å². The number of carbonyl (C=O) groups excluding carboxylic acids is 1. The van der Waals surface area contributed by atoms with E-state index >= 15 is 0 Å². The summed E-state index contributed by atoms with van der Waals surface area (Å²) in [5.74, 6) is -0.868. The molecule has 0 fully saturated rings. The Labute approximate surface area is 176 Å². The van der Waals surface area contributed by atoms with Gasteiger partial charge in [0.05, 0.1) is 16.8 Å². The first kappa shape index (κ1) is 19.8.